The molecule has 0 aromatic rings. The highest BCUT2D eigenvalue weighted by Gasteiger charge is 2.40. The van der Waals surface area contributed by atoms with E-state index in [2.05, 4.69) is 0 Å². The van der Waals surface area contributed by atoms with Crippen LogP contribution in [0.4, 0.5) is 4.39 Å². The molecule has 3 heteroatoms. The van der Waals surface area contributed by atoms with Crippen molar-refractivity contribution < 1.29 is 13.9 Å². The summed E-state index contributed by atoms with van der Waals surface area (Å²) in [5, 5.41) is 0. The average Bonchev–Trinajstić information content (AvgIpc) is 2.19. The van der Waals surface area contributed by atoms with Crippen molar-refractivity contribution in [2.45, 2.75) is 39.0 Å². The number of alkyl halides is 1. The van der Waals surface area contributed by atoms with Crippen LogP contribution in [0.5, 0.6) is 0 Å². The van der Waals surface area contributed by atoms with E-state index in [4.69, 9.17) is 4.74 Å². The molecule has 0 amide bonds. The van der Waals surface area contributed by atoms with Crippen molar-refractivity contribution in [3.05, 3.63) is 0 Å². The predicted molar refractivity (Wildman–Crippen MR) is 48.1 cm³/mol. The first-order chi connectivity index (χ1) is 6.25. The maximum Gasteiger partial charge on any atom is 0.314 e. The van der Waals surface area contributed by atoms with Crippen molar-refractivity contribution in [3.8, 4) is 0 Å². The van der Waals surface area contributed by atoms with Gasteiger partial charge in [0, 0.05) is 0 Å². The van der Waals surface area contributed by atoms with Crippen LogP contribution >= 0.6 is 0 Å². The fourth-order valence-electron chi connectivity index (χ4n) is 1.91. The molecule has 0 heterocycles. The third kappa shape index (κ3) is 2.20. The smallest absolute Gasteiger partial charge is 0.314 e. The van der Waals surface area contributed by atoms with Gasteiger partial charge in [-0.3, -0.25) is 4.79 Å². The summed E-state index contributed by atoms with van der Waals surface area (Å²) >= 11 is 0. The fraction of sp³-hybridized carbons (Fsp3) is 0.900. The lowest BCUT2D eigenvalue weighted by molar-refractivity contribution is -0.158. The topological polar surface area (TPSA) is 26.3 Å². The predicted octanol–water partition coefficient (Wildman–Crippen LogP) is 2.47. The number of carbonyl (C=O) groups excluding carboxylic acids is 1. The Morgan fingerprint density at radius 1 is 1.38 bits per heavy atom. The second-order valence-corrected chi connectivity index (χ2v) is 3.70. The van der Waals surface area contributed by atoms with Crippen molar-refractivity contribution in [2.24, 2.45) is 5.41 Å². The summed E-state index contributed by atoms with van der Waals surface area (Å²) in [6, 6.07) is 0. The molecular formula is C10H17FO2. The summed E-state index contributed by atoms with van der Waals surface area (Å²) in [7, 11) is 0. The van der Waals surface area contributed by atoms with Gasteiger partial charge in [-0.2, -0.15) is 0 Å². The van der Waals surface area contributed by atoms with E-state index >= 15 is 0 Å². The van der Waals surface area contributed by atoms with Gasteiger partial charge in [0.2, 0.25) is 0 Å². The lowest BCUT2D eigenvalue weighted by Gasteiger charge is -2.31. The van der Waals surface area contributed by atoms with Gasteiger partial charge in [-0.05, 0) is 19.8 Å². The molecular weight excluding hydrogens is 171 g/mol. The van der Waals surface area contributed by atoms with Crippen LogP contribution in [0.1, 0.15) is 39.0 Å². The Kier molecular flexibility index (Phi) is 3.70. The highest BCUT2D eigenvalue weighted by atomic mass is 19.1. The number of esters is 1. The van der Waals surface area contributed by atoms with Crippen molar-refractivity contribution in [3.63, 3.8) is 0 Å². The molecule has 1 saturated carbocycles. The summed E-state index contributed by atoms with van der Waals surface area (Å²) < 4.78 is 17.7. The van der Waals surface area contributed by atoms with E-state index < -0.39 is 12.1 Å². The molecule has 0 aromatic carbocycles. The quantitative estimate of drug-likeness (QED) is 0.636. The molecule has 2 nitrogen and oxygen atoms in total. The molecule has 0 spiro atoms. The lowest BCUT2D eigenvalue weighted by Crippen LogP contribution is -2.37. The third-order valence-electron chi connectivity index (χ3n) is 2.77. The average molecular weight is 188 g/mol. The summed E-state index contributed by atoms with van der Waals surface area (Å²) in [6.07, 6.45) is 4.32. The minimum absolute atomic E-state index is 0.336. The van der Waals surface area contributed by atoms with Gasteiger partial charge in [-0.1, -0.05) is 19.3 Å². The van der Waals surface area contributed by atoms with Gasteiger partial charge in [0.25, 0.3) is 0 Å². The Morgan fingerprint density at radius 3 is 2.46 bits per heavy atom. The van der Waals surface area contributed by atoms with E-state index in [1.54, 1.807) is 6.92 Å². The molecule has 0 bridgehead atoms. The summed E-state index contributed by atoms with van der Waals surface area (Å²) in [5.74, 6) is -0.336. The molecule has 0 N–H and O–H groups in total. The van der Waals surface area contributed by atoms with Gasteiger partial charge in [0.05, 0.1) is 12.0 Å². The maximum atomic E-state index is 12.8. The molecule has 0 aromatic heterocycles. The molecule has 0 aliphatic heterocycles. The minimum Gasteiger partial charge on any atom is -0.465 e. The Labute approximate surface area is 78.5 Å². The molecule has 1 aliphatic carbocycles. The fourth-order valence-corrected chi connectivity index (χ4v) is 1.91. The largest absolute Gasteiger partial charge is 0.465 e. The van der Waals surface area contributed by atoms with Crippen molar-refractivity contribution >= 4 is 5.97 Å². The second kappa shape index (κ2) is 4.58. The molecule has 13 heavy (non-hydrogen) atoms. The standard InChI is InChI=1S/C10H17FO2/c1-2-13-9(12)10(8-11)6-4-3-5-7-10/h2-8H2,1H3. The van der Waals surface area contributed by atoms with Crippen molar-refractivity contribution in [1.29, 1.82) is 0 Å². The van der Waals surface area contributed by atoms with Gasteiger partial charge in [0.1, 0.15) is 6.67 Å². The van der Waals surface area contributed by atoms with Gasteiger partial charge >= 0.3 is 5.97 Å². The Balaban J connectivity index is 2.61. The first-order valence-electron chi connectivity index (χ1n) is 4.98. The first kappa shape index (κ1) is 10.5. The van der Waals surface area contributed by atoms with Crippen LogP contribution in [0.15, 0.2) is 0 Å². The number of carbonyl (C=O) groups is 1. The van der Waals surface area contributed by atoms with Gasteiger partial charge in [0.15, 0.2) is 0 Å². The summed E-state index contributed by atoms with van der Waals surface area (Å²) in [4.78, 5) is 11.5. The number of ether oxygens (including phenoxy) is 1. The SMILES string of the molecule is CCOC(=O)C1(CF)CCCCC1. The van der Waals surface area contributed by atoms with Crippen LogP contribution < -0.4 is 0 Å². The van der Waals surface area contributed by atoms with Crippen LogP contribution in [0.3, 0.4) is 0 Å². The zero-order valence-corrected chi connectivity index (χ0v) is 8.14. The monoisotopic (exact) mass is 188 g/mol. The molecule has 0 saturated heterocycles. The van der Waals surface area contributed by atoms with Gasteiger partial charge in [-0.25, -0.2) is 4.39 Å². The summed E-state index contributed by atoms with van der Waals surface area (Å²) in [6.45, 7) is 1.54. The Bertz CT molecular complexity index is 174. The van der Waals surface area contributed by atoms with Crippen molar-refractivity contribution in [2.75, 3.05) is 13.3 Å². The van der Waals surface area contributed by atoms with Crippen molar-refractivity contribution in [1.82, 2.24) is 0 Å². The minimum atomic E-state index is -0.797. The number of hydrogen-bond donors (Lipinski definition) is 0. The molecule has 0 unspecified atom stereocenters. The van der Waals surface area contributed by atoms with E-state index in [-0.39, 0.29) is 5.97 Å². The zero-order chi connectivity index (χ0) is 9.73. The molecule has 1 rings (SSSR count). The number of halogens is 1. The number of rotatable bonds is 3. The maximum absolute atomic E-state index is 12.8. The summed E-state index contributed by atoms with van der Waals surface area (Å²) in [5.41, 5.74) is -0.797. The Morgan fingerprint density at radius 2 is 2.00 bits per heavy atom. The second-order valence-electron chi connectivity index (χ2n) is 3.70. The van der Waals surface area contributed by atoms with Crippen LogP contribution in [0, 0.1) is 5.41 Å². The van der Waals surface area contributed by atoms with E-state index in [9.17, 15) is 9.18 Å². The van der Waals surface area contributed by atoms with E-state index in [1.807, 2.05) is 0 Å². The van der Waals surface area contributed by atoms with E-state index in [0.717, 1.165) is 19.3 Å². The van der Waals surface area contributed by atoms with Crippen LogP contribution in [0.25, 0.3) is 0 Å². The molecule has 0 radical (unpaired) electrons. The van der Waals surface area contributed by atoms with E-state index in [1.165, 1.54) is 0 Å². The zero-order valence-electron chi connectivity index (χ0n) is 8.14. The van der Waals surface area contributed by atoms with Crippen LogP contribution in [-0.2, 0) is 9.53 Å². The highest BCUT2D eigenvalue weighted by Crippen LogP contribution is 2.37. The van der Waals surface area contributed by atoms with E-state index in [0.29, 0.717) is 19.4 Å². The molecule has 0 atom stereocenters. The lowest BCUT2D eigenvalue weighted by atomic mass is 9.75. The normalized spacial score (nSPS) is 21.1. The molecule has 1 aliphatic rings. The third-order valence-corrected chi connectivity index (χ3v) is 2.77. The van der Waals surface area contributed by atoms with Crippen LogP contribution in [0.2, 0.25) is 0 Å². The molecule has 76 valence electrons. The van der Waals surface area contributed by atoms with Gasteiger partial charge in [-0.15, -0.1) is 0 Å². The number of hydrogen-bond acceptors (Lipinski definition) is 2. The molecule has 1 fully saturated rings. The highest BCUT2D eigenvalue weighted by molar-refractivity contribution is 5.77. The van der Waals surface area contributed by atoms with Crippen LogP contribution in [-0.4, -0.2) is 19.3 Å². The first-order valence-corrected chi connectivity index (χ1v) is 4.98. The van der Waals surface area contributed by atoms with Gasteiger partial charge < -0.3 is 4.74 Å². The Hall–Kier alpha value is -0.600.